The summed E-state index contributed by atoms with van der Waals surface area (Å²) < 4.78 is 11.6. The Morgan fingerprint density at radius 3 is 2.33 bits per heavy atom. The lowest BCUT2D eigenvalue weighted by molar-refractivity contribution is 0.428. The second-order valence-electron chi connectivity index (χ2n) is 7.46. The number of hydrogen-bond donors (Lipinski definition) is 1. The van der Waals surface area contributed by atoms with E-state index in [1.807, 2.05) is 42.5 Å². The fraction of sp³-hybridized carbons (Fsp3) is 0.0400. The van der Waals surface area contributed by atoms with Crippen LogP contribution in [0.2, 0.25) is 5.02 Å². The minimum Gasteiger partial charge on any atom is -0.537 e. The van der Waals surface area contributed by atoms with Gasteiger partial charge in [-0.1, -0.05) is 60.1 Å². The van der Waals surface area contributed by atoms with E-state index >= 15 is 0 Å². The minimum atomic E-state index is -0.574. The molecule has 1 spiro atoms. The lowest BCUT2D eigenvalue weighted by atomic mass is 9.66. The number of rotatable bonds is 2. The van der Waals surface area contributed by atoms with Crippen LogP contribution in [-0.4, -0.2) is 12.7 Å². The van der Waals surface area contributed by atoms with Crippen molar-refractivity contribution in [1.29, 1.82) is 0 Å². The van der Waals surface area contributed by atoms with Gasteiger partial charge < -0.3 is 14.4 Å². The highest BCUT2D eigenvalue weighted by atomic mass is 35.5. The highest BCUT2D eigenvalue weighted by Crippen LogP contribution is 2.62. The van der Waals surface area contributed by atoms with Gasteiger partial charge in [0.25, 0.3) is 0 Å². The number of benzene rings is 4. The fourth-order valence-electron chi connectivity index (χ4n) is 4.99. The Hall–Kier alpha value is -3.21. The van der Waals surface area contributed by atoms with Gasteiger partial charge in [-0.3, -0.25) is 0 Å². The third-order valence-corrected chi connectivity index (χ3v) is 6.30. The Labute approximate surface area is 179 Å². The summed E-state index contributed by atoms with van der Waals surface area (Å²) in [6.45, 7) is 0. The Morgan fingerprint density at radius 1 is 0.733 bits per heavy atom. The summed E-state index contributed by atoms with van der Waals surface area (Å²) in [6, 6.07) is 28.3. The zero-order valence-corrected chi connectivity index (χ0v) is 16.6. The summed E-state index contributed by atoms with van der Waals surface area (Å²) in [7, 11) is 0.697. The van der Waals surface area contributed by atoms with Crippen molar-refractivity contribution in [3.8, 4) is 28.4 Å². The summed E-state index contributed by atoms with van der Waals surface area (Å²) in [5.74, 6) is 2.13. The van der Waals surface area contributed by atoms with Crippen molar-refractivity contribution in [2.24, 2.45) is 0 Å². The summed E-state index contributed by atoms with van der Waals surface area (Å²) >= 11 is 6.41. The molecule has 0 bridgehead atoms. The van der Waals surface area contributed by atoms with Crippen LogP contribution in [0.4, 0.5) is 0 Å². The molecule has 3 nitrogen and oxygen atoms in total. The summed E-state index contributed by atoms with van der Waals surface area (Å²) in [5, 5.41) is 9.89. The zero-order chi connectivity index (χ0) is 20.3. The highest BCUT2D eigenvalue weighted by molar-refractivity contribution is 6.31. The van der Waals surface area contributed by atoms with Crippen LogP contribution in [-0.2, 0) is 5.41 Å². The Bertz CT molecular complexity index is 1320. The molecule has 1 atom stereocenters. The monoisotopic (exact) mass is 409 g/mol. The van der Waals surface area contributed by atoms with E-state index in [9.17, 15) is 5.02 Å². The van der Waals surface area contributed by atoms with Gasteiger partial charge in [0.05, 0.1) is 5.41 Å². The van der Waals surface area contributed by atoms with Crippen molar-refractivity contribution in [1.82, 2.24) is 0 Å². The molecule has 0 fully saturated rings. The van der Waals surface area contributed by atoms with Gasteiger partial charge in [-0.05, 0) is 58.7 Å². The van der Waals surface area contributed by atoms with E-state index in [1.165, 1.54) is 5.56 Å². The second kappa shape index (κ2) is 6.40. The van der Waals surface area contributed by atoms with Crippen molar-refractivity contribution < 1.29 is 14.4 Å². The third kappa shape index (κ3) is 2.20. The molecule has 1 aliphatic heterocycles. The van der Waals surface area contributed by atoms with E-state index < -0.39 is 5.41 Å². The van der Waals surface area contributed by atoms with Crippen LogP contribution in [0.1, 0.15) is 22.3 Å². The van der Waals surface area contributed by atoms with E-state index in [0.717, 1.165) is 39.3 Å². The highest BCUT2D eigenvalue weighted by Gasteiger charge is 2.51. The molecule has 5 heteroatoms. The minimum absolute atomic E-state index is 0.540. The van der Waals surface area contributed by atoms with Gasteiger partial charge >= 0.3 is 7.69 Å². The molecule has 4 aromatic rings. The molecule has 0 aromatic heterocycles. The van der Waals surface area contributed by atoms with Gasteiger partial charge in [-0.15, -0.1) is 0 Å². The molecule has 1 unspecified atom stereocenters. The van der Waals surface area contributed by atoms with Crippen molar-refractivity contribution in [3.63, 3.8) is 0 Å². The molecule has 1 aliphatic carbocycles. The van der Waals surface area contributed by atoms with Crippen LogP contribution in [0.5, 0.6) is 17.2 Å². The molecule has 0 amide bonds. The molecular formula is C25H15BClO3. The second-order valence-corrected chi connectivity index (χ2v) is 7.90. The Kier molecular flexibility index (Phi) is 3.76. The molecule has 0 saturated carbocycles. The maximum Gasteiger partial charge on any atom is 0.569 e. The van der Waals surface area contributed by atoms with Crippen LogP contribution >= 0.6 is 11.6 Å². The lowest BCUT2D eigenvalue weighted by Crippen LogP contribution is -2.32. The number of ether oxygens (including phenoxy) is 1. The van der Waals surface area contributed by atoms with Crippen LogP contribution in [0.25, 0.3) is 11.1 Å². The molecule has 1 radical (unpaired) electrons. The molecule has 2 aliphatic rings. The predicted octanol–water partition coefficient (Wildman–Crippen LogP) is 5.71. The average Bonchev–Trinajstić information content (AvgIpc) is 3.05. The first kappa shape index (κ1) is 17.6. The largest absolute Gasteiger partial charge is 0.569 e. The summed E-state index contributed by atoms with van der Waals surface area (Å²) in [5.41, 5.74) is 6.04. The van der Waals surface area contributed by atoms with Crippen LogP contribution < -0.4 is 9.39 Å². The standard InChI is InChI=1S/C25H15BClO3/c27-15-9-11-20-18(13-15)17-5-1-2-6-19(17)25(20)21-7-3-4-8-23(21)29-24-12-10-16(30-26-28)14-22(24)25/h1-14,28H. The van der Waals surface area contributed by atoms with E-state index in [1.54, 1.807) is 6.07 Å². The summed E-state index contributed by atoms with van der Waals surface area (Å²) in [4.78, 5) is 0. The van der Waals surface area contributed by atoms with E-state index in [2.05, 4.69) is 36.4 Å². The molecule has 6 rings (SSSR count). The number of halogens is 1. The fourth-order valence-corrected chi connectivity index (χ4v) is 5.16. The number of hydrogen-bond acceptors (Lipinski definition) is 3. The van der Waals surface area contributed by atoms with Crippen molar-refractivity contribution >= 4 is 19.3 Å². The Morgan fingerprint density at radius 2 is 1.47 bits per heavy atom. The van der Waals surface area contributed by atoms with Gasteiger partial charge in [0.15, 0.2) is 0 Å². The van der Waals surface area contributed by atoms with Gasteiger partial charge in [0, 0.05) is 16.1 Å². The van der Waals surface area contributed by atoms with E-state index in [4.69, 9.17) is 21.0 Å². The first-order valence-electron chi connectivity index (χ1n) is 9.68. The first-order chi connectivity index (χ1) is 14.7. The van der Waals surface area contributed by atoms with Gasteiger partial charge in [0.1, 0.15) is 17.2 Å². The van der Waals surface area contributed by atoms with E-state index in [0.29, 0.717) is 18.5 Å². The third-order valence-electron chi connectivity index (χ3n) is 6.06. The van der Waals surface area contributed by atoms with Gasteiger partial charge in [-0.2, -0.15) is 0 Å². The SMILES string of the molecule is O[B]Oc1ccc2c(c1)C1(c3ccccc3O2)c2ccccc2-c2cc(Cl)ccc21. The molecule has 4 aromatic carbocycles. The van der Waals surface area contributed by atoms with Gasteiger partial charge in [-0.25, -0.2) is 0 Å². The van der Waals surface area contributed by atoms with Crippen molar-refractivity contribution in [2.45, 2.75) is 5.41 Å². The maximum absolute atomic E-state index is 9.19. The molecule has 30 heavy (non-hydrogen) atoms. The van der Waals surface area contributed by atoms with Crippen molar-refractivity contribution in [3.05, 3.63) is 112 Å². The number of para-hydroxylation sites is 1. The van der Waals surface area contributed by atoms with Gasteiger partial charge in [0.2, 0.25) is 0 Å². The maximum atomic E-state index is 9.19. The normalized spacial score (nSPS) is 17.4. The molecule has 1 N–H and O–H groups in total. The summed E-state index contributed by atoms with van der Waals surface area (Å²) in [6.07, 6.45) is 0. The van der Waals surface area contributed by atoms with E-state index in [-0.39, 0.29) is 0 Å². The Balaban J connectivity index is 1.80. The first-order valence-corrected chi connectivity index (χ1v) is 10.1. The van der Waals surface area contributed by atoms with Crippen LogP contribution in [0.3, 0.4) is 0 Å². The molecular weight excluding hydrogens is 395 g/mol. The topological polar surface area (TPSA) is 38.7 Å². The zero-order valence-electron chi connectivity index (χ0n) is 15.8. The average molecular weight is 410 g/mol. The predicted molar refractivity (Wildman–Crippen MR) is 117 cm³/mol. The molecule has 0 saturated heterocycles. The van der Waals surface area contributed by atoms with Crippen LogP contribution in [0.15, 0.2) is 84.9 Å². The number of fused-ring (bicyclic) bond motifs is 9. The smallest absolute Gasteiger partial charge is 0.537 e. The molecule has 143 valence electrons. The van der Waals surface area contributed by atoms with Crippen LogP contribution in [0, 0.1) is 0 Å². The quantitative estimate of drug-likeness (QED) is 0.372. The van der Waals surface area contributed by atoms with Crippen molar-refractivity contribution in [2.75, 3.05) is 0 Å². The molecule has 1 heterocycles. The lowest BCUT2D eigenvalue weighted by Gasteiger charge is -2.39.